The lowest BCUT2D eigenvalue weighted by Crippen LogP contribution is -1.97. The van der Waals surface area contributed by atoms with Crippen LogP contribution in [0.15, 0.2) is 8.83 Å². The molecule has 2 aromatic heterocycles. The highest BCUT2D eigenvalue weighted by Crippen LogP contribution is 2.15. The van der Waals surface area contributed by atoms with Gasteiger partial charge in [-0.05, 0) is 19.8 Å². The van der Waals surface area contributed by atoms with Crippen LogP contribution in [-0.2, 0) is 24.0 Å². The molecule has 8 heteroatoms. The molecule has 0 aliphatic rings. The summed E-state index contributed by atoms with van der Waals surface area (Å²) in [5, 5.41) is 22.6. The molecule has 0 aliphatic heterocycles. The predicted octanol–water partition coefficient (Wildman–Crippen LogP) is 2.27. The van der Waals surface area contributed by atoms with E-state index in [1.165, 1.54) is 0 Å². The molecule has 0 bridgehead atoms. The van der Waals surface area contributed by atoms with Crippen molar-refractivity contribution in [1.29, 1.82) is 5.41 Å². The summed E-state index contributed by atoms with van der Waals surface area (Å²) < 4.78 is 15.9. The average Bonchev–Trinajstić information content (AvgIpc) is 3.13. The number of hydrogen-bond acceptors (Lipinski definition) is 8. The second-order valence-electron chi connectivity index (χ2n) is 4.58. The third kappa shape index (κ3) is 4.37. The molecule has 0 fully saturated rings. The number of unbranched alkanes of at least 4 members (excludes halogenated alkanes) is 1. The first kappa shape index (κ1) is 15.1. The number of ether oxygens (including phenoxy) is 1. The summed E-state index contributed by atoms with van der Waals surface area (Å²) in [5.74, 6) is 2.31. The summed E-state index contributed by atoms with van der Waals surface area (Å²) in [7, 11) is 0. The zero-order valence-corrected chi connectivity index (χ0v) is 12.2. The van der Waals surface area contributed by atoms with E-state index in [1.54, 1.807) is 6.92 Å². The van der Waals surface area contributed by atoms with E-state index in [-0.39, 0.29) is 0 Å². The van der Waals surface area contributed by atoms with Crippen LogP contribution in [0.2, 0.25) is 0 Å². The first-order chi connectivity index (χ1) is 10.2. The highest BCUT2D eigenvalue weighted by Gasteiger charge is 2.14. The summed E-state index contributed by atoms with van der Waals surface area (Å²) in [4.78, 5) is 0. The molecule has 2 aromatic rings. The normalized spacial score (nSPS) is 12.3. The third-order valence-electron chi connectivity index (χ3n) is 2.94. The number of rotatable bonds is 9. The van der Waals surface area contributed by atoms with Gasteiger partial charge in [0.1, 0.15) is 0 Å². The van der Waals surface area contributed by atoms with Gasteiger partial charge in [0.05, 0.1) is 0 Å². The Hall–Kier alpha value is -2.25. The standard InChI is InChI=1S/C13H19N5O3/c1-3-10-15-16-11(20-10)6-4-5-7-12-17-18-13(21-12)9(2)19-8-14/h8-9,14H,3-7H2,1-2H3. The molecule has 114 valence electrons. The van der Waals surface area contributed by atoms with Crippen LogP contribution < -0.4 is 0 Å². The molecule has 0 radical (unpaired) electrons. The van der Waals surface area contributed by atoms with Crippen molar-refractivity contribution >= 4 is 6.40 Å². The molecule has 1 N–H and O–H groups in total. The molecule has 0 saturated carbocycles. The minimum atomic E-state index is -0.394. The molecule has 1 unspecified atom stereocenters. The van der Waals surface area contributed by atoms with Crippen LogP contribution in [0, 0.1) is 5.41 Å². The van der Waals surface area contributed by atoms with Gasteiger partial charge in [-0.15, -0.1) is 20.4 Å². The van der Waals surface area contributed by atoms with Gasteiger partial charge in [-0.25, -0.2) is 0 Å². The molecule has 1 atom stereocenters. The second kappa shape index (κ2) is 7.51. The van der Waals surface area contributed by atoms with Crippen LogP contribution >= 0.6 is 0 Å². The summed E-state index contributed by atoms with van der Waals surface area (Å²) in [5.41, 5.74) is 0. The van der Waals surface area contributed by atoms with Crippen LogP contribution in [-0.4, -0.2) is 26.8 Å². The largest absolute Gasteiger partial charge is 0.471 e. The Morgan fingerprint density at radius 1 is 1.05 bits per heavy atom. The van der Waals surface area contributed by atoms with E-state index >= 15 is 0 Å². The Balaban J connectivity index is 1.72. The lowest BCUT2D eigenvalue weighted by Gasteiger charge is -2.03. The Bertz CT molecular complexity index is 566. The van der Waals surface area contributed by atoms with Crippen molar-refractivity contribution in [3.8, 4) is 0 Å². The zero-order valence-electron chi connectivity index (χ0n) is 12.2. The number of aryl methyl sites for hydroxylation is 3. The topological polar surface area (TPSA) is 111 Å². The highest BCUT2D eigenvalue weighted by atomic mass is 16.5. The van der Waals surface area contributed by atoms with Crippen molar-refractivity contribution in [3.05, 3.63) is 23.6 Å². The molecule has 21 heavy (non-hydrogen) atoms. The Kier molecular flexibility index (Phi) is 5.42. The van der Waals surface area contributed by atoms with Crippen molar-refractivity contribution in [2.45, 2.75) is 52.1 Å². The Morgan fingerprint density at radius 2 is 1.67 bits per heavy atom. The molecule has 0 saturated heterocycles. The average molecular weight is 293 g/mol. The van der Waals surface area contributed by atoms with Crippen LogP contribution in [0.3, 0.4) is 0 Å². The van der Waals surface area contributed by atoms with E-state index < -0.39 is 6.10 Å². The van der Waals surface area contributed by atoms with Gasteiger partial charge < -0.3 is 13.6 Å². The van der Waals surface area contributed by atoms with Crippen LogP contribution in [0.25, 0.3) is 0 Å². The van der Waals surface area contributed by atoms with Gasteiger partial charge in [0.2, 0.25) is 17.7 Å². The third-order valence-corrected chi connectivity index (χ3v) is 2.94. The molecular formula is C13H19N5O3. The van der Waals surface area contributed by atoms with Crippen molar-refractivity contribution in [1.82, 2.24) is 20.4 Å². The van der Waals surface area contributed by atoms with E-state index in [0.717, 1.165) is 32.1 Å². The van der Waals surface area contributed by atoms with Crippen molar-refractivity contribution in [2.24, 2.45) is 0 Å². The quantitative estimate of drug-likeness (QED) is 0.429. The van der Waals surface area contributed by atoms with E-state index in [1.807, 2.05) is 6.92 Å². The van der Waals surface area contributed by atoms with Gasteiger partial charge >= 0.3 is 0 Å². The fourth-order valence-electron chi connectivity index (χ4n) is 1.78. The van der Waals surface area contributed by atoms with Gasteiger partial charge in [-0.3, -0.25) is 5.41 Å². The van der Waals surface area contributed by atoms with Gasteiger partial charge in [0.25, 0.3) is 5.89 Å². The zero-order chi connectivity index (χ0) is 15.1. The monoisotopic (exact) mass is 293 g/mol. The molecule has 0 spiro atoms. The lowest BCUT2D eigenvalue weighted by molar-refractivity contribution is 0.182. The molecule has 2 rings (SSSR count). The minimum Gasteiger partial charge on any atom is -0.471 e. The first-order valence-corrected chi connectivity index (χ1v) is 7.00. The van der Waals surface area contributed by atoms with Gasteiger partial charge in [-0.2, -0.15) is 0 Å². The maximum Gasteiger partial charge on any atom is 0.256 e. The van der Waals surface area contributed by atoms with Gasteiger partial charge in [-0.1, -0.05) is 6.92 Å². The maximum atomic E-state index is 6.87. The SMILES string of the molecule is CCc1nnc(CCCCc2nnc(C(C)OC=N)o2)o1. The smallest absolute Gasteiger partial charge is 0.256 e. The second-order valence-corrected chi connectivity index (χ2v) is 4.58. The summed E-state index contributed by atoms with van der Waals surface area (Å²) in [6.07, 6.45) is 4.48. The molecule has 8 nitrogen and oxygen atoms in total. The number of nitrogens with one attached hydrogen (secondary N) is 1. The molecule has 0 aromatic carbocycles. The number of nitrogens with zero attached hydrogens (tertiary/aromatic N) is 4. The molecular weight excluding hydrogens is 274 g/mol. The van der Waals surface area contributed by atoms with Gasteiger partial charge in [0, 0.05) is 19.3 Å². The summed E-state index contributed by atoms with van der Waals surface area (Å²) in [6.45, 7) is 3.73. The van der Waals surface area contributed by atoms with Crippen molar-refractivity contribution < 1.29 is 13.6 Å². The number of hydrogen-bond donors (Lipinski definition) is 1. The van der Waals surface area contributed by atoms with Crippen molar-refractivity contribution in [3.63, 3.8) is 0 Å². The van der Waals surface area contributed by atoms with E-state index in [0.29, 0.717) is 30.0 Å². The van der Waals surface area contributed by atoms with Gasteiger partial charge in [0.15, 0.2) is 12.5 Å². The summed E-state index contributed by atoms with van der Waals surface area (Å²) in [6, 6.07) is 0. The van der Waals surface area contributed by atoms with E-state index in [9.17, 15) is 0 Å². The molecule has 2 heterocycles. The molecule has 0 amide bonds. The Morgan fingerprint density at radius 3 is 2.29 bits per heavy atom. The maximum absolute atomic E-state index is 6.87. The van der Waals surface area contributed by atoms with Crippen LogP contribution in [0.4, 0.5) is 0 Å². The predicted molar refractivity (Wildman–Crippen MR) is 72.9 cm³/mol. The fraction of sp³-hybridized carbons (Fsp3) is 0.615. The first-order valence-electron chi connectivity index (χ1n) is 7.00. The highest BCUT2D eigenvalue weighted by molar-refractivity contribution is 5.41. The van der Waals surface area contributed by atoms with Crippen LogP contribution in [0.5, 0.6) is 0 Å². The van der Waals surface area contributed by atoms with E-state index in [4.69, 9.17) is 19.0 Å². The van der Waals surface area contributed by atoms with Crippen molar-refractivity contribution in [2.75, 3.05) is 0 Å². The lowest BCUT2D eigenvalue weighted by atomic mass is 10.2. The number of aromatic nitrogens is 4. The fourth-order valence-corrected chi connectivity index (χ4v) is 1.78. The molecule has 0 aliphatic carbocycles. The van der Waals surface area contributed by atoms with Crippen LogP contribution in [0.1, 0.15) is 56.4 Å². The van der Waals surface area contributed by atoms with E-state index in [2.05, 4.69) is 20.4 Å². The Labute approximate surface area is 122 Å². The summed E-state index contributed by atoms with van der Waals surface area (Å²) >= 11 is 0. The minimum absolute atomic E-state index is 0.387.